The number of esters is 1. The van der Waals surface area contributed by atoms with Crippen LogP contribution >= 0.6 is 0 Å². The summed E-state index contributed by atoms with van der Waals surface area (Å²) in [7, 11) is 0. The van der Waals surface area contributed by atoms with Crippen molar-refractivity contribution < 1.29 is 36.6 Å². The van der Waals surface area contributed by atoms with Crippen LogP contribution in [0.25, 0.3) is 22.7 Å². The van der Waals surface area contributed by atoms with Gasteiger partial charge in [-0.3, -0.25) is 0 Å². The quantitative estimate of drug-likeness (QED) is 0.308. The van der Waals surface area contributed by atoms with Crippen molar-refractivity contribution in [3.05, 3.63) is 29.0 Å². The van der Waals surface area contributed by atoms with Gasteiger partial charge in [-0.25, -0.2) is 9.78 Å². The predicted molar refractivity (Wildman–Crippen MR) is 131 cm³/mol. The average Bonchev–Trinajstić information content (AvgIpc) is 3.15. The van der Waals surface area contributed by atoms with Crippen molar-refractivity contribution in [1.82, 2.24) is 15.0 Å². The van der Waals surface area contributed by atoms with Gasteiger partial charge >= 0.3 is 18.2 Å². The number of oxazole rings is 1. The first-order valence-corrected chi connectivity index (χ1v) is 11.9. The molecule has 0 atom stereocenters. The molecule has 202 valence electrons. The van der Waals surface area contributed by atoms with Crippen molar-refractivity contribution in [2.24, 2.45) is 5.92 Å². The summed E-state index contributed by atoms with van der Waals surface area (Å²) < 4.78 is 59.6. The molecule has 0 saturated carbocycles. The van der Waals surface area contributed by atoms with Crippen molar-refractivity contribution in [3.8, 4) is 23.2 Å². The topological polar surface area (TPSA) is 96.6 Å². The van der Waals surface area contributed by atoms with Gasteiger partial charge < -0.3 is 18.6 Å². The molecule has 0 N–H and O–H groups in total. The minimum atomic E-state index is -4.34. The zero-order chi connectivity index (χ0) is 27.5. The highest BCUT2D eigenvalue weighted by Crippen LogP contribution is 2.33. The second-order valence-electron chi connectivity index (χ2n) is 10.3. The van der Waals surface area contributed by atoms with Gasteiger partial charge in [0, 0.05) is 5.56 Å². The molecule has 2 aromatic heterocycles. The van der Waals surface area contributed by atoms with Gasteiger partial charge in [0.1, 0.15) is 18.0 Å². The van der Waals surface area contributed by atoms with E-state index in [-0.39, 0.29) is 30.1 Å². The lowest BCUT2D eigenvalue weighted by Gasteiger charge is -2.20. The van der Waals surface area contributed by atoms with Crippen LogP contribution in [0.5, 0.6) is 11.8 Å². The summed E-state index contributed by atoms with van der Waals surface area (Å²) in [6, 6.07) is 3.42. The van der Waals surface area contributed by atoms with Crippen LogP contribution in [0.2, 0.25) is 0 Å². The van der Waals surface area contributed by atoms with Crippen molar-refractivity contribution in [1.29, 1.82) is 0 Å². The third kappa shape index (κ3) is 8.06. The lowest BCUT2D eigenvalue weighted by Crippen LogP contribution is -2.27. The number of aryl methyl sites for hydroxylation is 2. The normalized spacial score (nSPS) is 12.3. The van der Waals surface area contributed by atoms with Gasteiger partial charge in [0.15, 0.2) is 12.1 Å². The number of ether oxygens (including phenoxy) is 3. The Morgan fingerprint density at radius 3 is 2.24 bits per heavy atom. The molecular weight excluding hydrogens is 491 g/mol. The molecular formula is C26H32F3N3O5. The van der Waals surface area contributed by atoms with E-state index >= 15 is 0 Å². The van der Waals surface area contributed by atoms with Crippen LogP contribution in [-0.4, -0.2) is 45.9 Å². The van der Waals surface area contributed by atoms with E-state index in [1.54, 1.807) is 32.9 Å². The number of carbonyl (C=O) groups excluding carboxylic acids is 1. The summed E-state index contributed by atoms with van der Waals surface area (Å²) in [5, 5.41) is 0. The SMILES string of the molecule is Cc1cc(-c2nc3c(CC(C)C)nc(OCCC(F)(F)F)nc3o2)cc(C)c1OCC(=O)OC(C)(C)C. The number of hydrogen-bond acceptors (Lipinski definition) is 8. The van der Waals surface area contributed by atoms with Gasteiger partial charge in [0.2, 0.25) is 5.89 Å². The second kappa shape index (κ2) is 10.9. The highest BCUT2D eigenvalue weighted by molar-refractivity contribution is 5.76. The zero-order valence-electron chi connectivity index (χ0n) is 22.1. The monoisotopic (exact) mass is 523 g/mol. The number of hydrogen-bond donors (Lipinski definition) is 0. The standard InChI is InChI=1S/C26H32F3N3O5/c1-14(2)10-18-20-23(32-24(30-18)34-9-8-26(27,28)29)36-22(31-20)17-11-15(3)21(16(4)12-17)35-13-19(33)37-25(5,6)7/h11-12,14H,8-10,13H2,1-7H3. The highest BCUT2D eigenvalue weighted by Gasteiger charge is 2.27. The van der Waals surface area contributed by atoms with E-state index < -0.39 is 30.8 Å². The molecule has 8 nitrogen and oxygen atoms in total. The average molecular weight is 524 g/mol. The Morgan fingerprint density at radius 2 is 1.68 bits per heavy atom. The number of aromatic nitrogens is 3. The van der Waals surface area contributed by atoms with Gasteiger partial charge in [0.05, 0.1) is 12.1 Å². The maximum absolute atomic E-state index is 12.5. The van der Waals surface area contributed by atoms with E-state index in [9.17, 15) is 18.0 Å². The predicted octanol–water partition coefficient (Wildman–Crippen LogP) is 6.15. The highest BCUT2D eigenvalue weighted by atomic mass is 19.4. The number of carbonyl (C=O) groups is 1. The van der Waals surface area contributed by atoms with Crippen molar-refractivity contribution >= 4 is 17.2 Å². The molecule has 0 aliphatic heterocycles. The molecule has 3 rings (SSSR count). The first-order chi connectivity index (χ1) is 17.1. The Kier molecular flexibility index (Phi) is 8.34. The number of halogens is 3. The Hall–Kier alpha value is -3.37. The van der Waals surface area contributed by atoms with E-state index in [0.29, 0.717) is 28.9 Å². The molecule has 37 heavy (non-hydrogen) atoms. The van der Waals surface area contributed by atoms with E-state index in [2.05, 4.69) is 15.0 Å². The molecule has 0 aliphatic carbocycles. The fraction of sp³-hybridized carbons (Fsp3) is 0.538. The lowest BCUT2D eigenvalue weighted by atomic mass is 10.1. The smallest absolute Gasteiger partial charge is 0.392 e. The van der Waals surface area contributed by atoms with Gasteiger partial charge in [-0.05, 0) is 70.2 Å². The van der Waals surface area contributed by atoms with Crippen molar-refractivity contribution in [2.45, 2.75) is 73.1 Å². The molecule has 11 heteroatoms. The minimum absolute atomic E-state index is 0.128. The Balaban J connectivity index is 1.88. The second-order valence-corrected chi connectivity index (χ2v) is 10.3. The van der Waals surface area contributed by atoms with E-state index in [0.717, 1.165) is 11.1 Å². The fourth-order valence-corrected chi connectivity index (χ4v) is 3.63. The van der Waals surface area contributed by atoms with Gasteiger partial charge in [-0.2, -0.15) is 23.1 Å². The Morgan fingerprint density at radius 1 is 1.03 bits per heavy atom. The maximum Gasteiger partial charge on any atom is 0.392 e. The summed E-state index contributed by atoms with van der Waals surface area (Å²) >= 11 is 0. The molecule has 0 fully saturated rings. The van der Waals surface area contributed by atoms with Crippen LogP contribution in [0.3, 0.4) is 0 Å². The molecule has 0 spiro atoms. The molecule has 0 amide bonds. The van der Waals surface area contributed by atoms with Gasteiger partial charge in [-0.15, -0.1) is 0 Å². The Bertz CT molecular complexity index is 1240. The maximum atomic E-state index is 12.5. The fourth-order valence-electron chi connectivity index (χ4n) is 3.63. The van der Waals surface area contributed by atoms with Crippen LogP contribution in [0.1, 0.15) is 57.9 Å². The molecule has 3 aromatic rings. The largest absolute Gasteiger partial charge is 0.481 e. The number of nitrogens with zero attached hydrogens (tertiary/aromatic N) is 3. The number of alkyl halides is 3. The van der Waals surface area contributed by atoms with Crippen molar-refractivity contribution in [2.75, 3.05) is 13.2 Å². The number of rotatable bonds is 9. The van der Waals surface area contributed by atoms with Crippen LogP contribution in [0.15, 0.2) is 16.5 Å². The summed E-state index contributed by atoms with van der Waals surface area (Å²) in [4.78, 5) is 25.1. The molecule has 0 unspecified atom stereocenters. The van der Waals surface area contributed by atoms with Crippen LogP contribution < -0.4 is 9.47 Å². The minimum Gasteiger partial charge on any atom is -0.481 e. The van der Waals surface area contributed by atoms with Crippen molar-refractivity contribution in [3.63, 3.8) is 0 Å². The van der Waals surface area contributed by atoms with Gasteiger partial charge in [-0.1, -0.05) is 13.8 Å². The van der Waals surface area contributed by atoms with Crippen LogP contribution in [0, 0.1) is 19.8 Å². The molecule has 1 aromatic carbocycles. The molecule has 0 radical (unpaired) electrons. The Labute approximate surface area is 213 Å². The summed E-state index contributed by atoms with van der Waals surface area (Å²) in [6.45, 7) is 12.2. The van der Waals surface area contributed by atoms with E-state index in [1.165, 1.54) is 0 Å². The number of benzene rings is 1. The van der Waals surface area contributed by atoms with Crippen LogP contribution in [0.4, 0.5) is 13.2 Å². The summed E-state index contributed by atoms with van der Waals surface area (Å²) in [5.74, 6) is 0.545. The third-order valence-electron chi connectivity index (χ3n) is 4.99. The zero-order valence-corrected chi connectivity index (χ0v) is 22.1. The van der Waals surface area contributed by atoms with Crippen LogP contribution in [-0.2, 0) is 16.0 Å². The molecule has 0 aliphatic rings. The molecule has 0 saturated heterocycles. The number of fused-ring (bicyclic) bond motifs is 1. The molecule has 0 bridgehead atoms. The summed E-state index contributed by atoms with van der Waals surface area (Å²) in [6.07, 6.45) is -4.95. The molecule has 2 heterocycles. The first kappa shape index (κ1) is 28.2. The van der Waals surface area contributed by atoms with E-state index in [1.807, 2.05) is 27.7 Å². The third-order valence-corrected chi connectivity index (χ3v) is 4.99. The van der Waals surface area contributed by atoms with E-state index in [4.69, 9.17) is 18.6 Å². The van der Waals surface area contributed by atoms with Gasteiger partial charge in [0.25, 0.3) is 5.71 Å². The lowest BCUT2D eigenvalue weighted by molar-refractivity contribution is -0.157. The summed E-state index contributed by atoms with van der Waals surface area (Å²) in [5.41, 5.74) is 2.63. The first-order valence-electron chi connectivity index (χ1n) is 11.9.